The smallest absolute Gasteiger partial charge is 0.486 e. The van der Waals surface area contributed by atoms with Gasteiger partial charge in [-0.05, 0) is 17.5 Å². The van der Waals surface area contributed by atoms with E-state index in [1.807, 2.05) is 0 Å². The minimum Gasteiger partial charge on any atom is -0.486 e. The first-order valence-corrected chi connectivity index (χ1v) is 18.0. The van der Waals surface area contributed by atoms with E-state index in [0.29, 0.717) is 12.1 Å². The summed E-state index contributed by atoms with van der Waals surface area (Å²) in [6.07, 6.45) is 0. The van der Waals surface area contributed by atoms with Crippen molar-refractivity contribution in [1.82, 2.24) is 0 Å². The third kappa shape index (κ3) is 6.19. The first kappa shape index (κ1) is 46.5. The second-order valence-electron chi connectivity index (χ2n) is 14.2. The van der Waals surface area contributed by atoms with Gasteiger partial charge in [-0.1, -0.05) is 12.1 Å². The highest BCUT2D eigenvalue weighted by molar-refractivity contribution is 6.40. The summed E-state index contributed by atoms with van der Waals surface area (Å²) in [4.78, 5) is 0. The van der Waals surface area contributed by atoms with Gasteiger partial charge in [0.1, 0.15) is 34.9 Å². The topological polar surface area (TPSA) is 27.7 Å². The van der Waals surface area contributed by atoms with E-state index in [0.717, 1.165) is 12.1 Å². The van der Waals surface area contributed by atoms with Crippen molar-refractivity contribution in [1.29, 1.82) is 0 Å². The minimum absolute atomic E-state index is 0.328. The summed E-state index contributed by atoms with van der Waals surface area (Å²) < 4.78 is 366. The Morgan fingerprint density at radius 2 is 0.522 bits per heavy atom. The number of benzene rings is 9. The third-order valence-electron chi connectivity index (χ3n) is 10.6. The molecule has 0 bridgehead atoms. The molecule has 0 saturated heterocycles. The van der Waals surface area contributed by atoms with E-state index in [-0.39, 0.29) is 0 Å². The standard InChI is InChI=1S/C42H4BF23O3/c44-7-3-1-2-5-4-6-9(18(45)8(5)7)23(50)34(61)37(64)40(6)67-43(68-41-16-14(28(55)35(62)38(41)65)19(46)10-12(21(16)48)26(53)32(59)30(57)24(10)51)69-42-17-15(29(56)36(63)39(42)66)20(47)11-13(22(17)49)27(54)33(60)31(58)25(11)52/h1-4H. The Hall–Kier alpha value is -7.61. The van der Waals surface area contributed by atoms with E-state index < -0.39 is 223 Å². The molecule has 0 aliphatic rings. The molecule has 0 atom stereocenters. The SMILES string of the molecule is Fc1c(F)c(F)c2c(F)c3c(F)cccc3cc2c1OB(Oc1c(F)c(F)c(F)c2c(F)c3c(F)c(F)c(F)c(F)c3c(F)c12)Oc1c(F)c(F)c(F)c2c(F)c3c(F)c(F)c(F)c(F)c3c(F)c12. The van der Waals surface area contributed by atoms with Crippen LogP contribution >= 0.6 is 0 Å². The van der Waals surface area contributed by atoms with E-state index >= 15 is 70.2 Å². The maximum atomic E-state index is 16.3. The van der Waals surface area contributed by atoms with E-state index in [1.165, 1.54) is 0 Å². The summed E-state index contributed by atoms with van der Waals surface area (Å²) in [5, 5.41) is -24.8. The van der Waals surface area contributed by atoms with Crippen LogP contribution in [0.15, 0.2) is 24.3 Å². The lowest BCUT2D eigenvalue weighted by Crippen LogP contribution is -2.38. The summed E-state index contributed by atoms with van der Waals surface area (Å²) in [5.74, 6) is -72.5. The van der Waals surface area contributed by atoms with Crippen LogP contribution in [0.1, 0.15) is 0 Å². The molecule has 0 heterocycles. The van der Waals surface area contributed by atoms with Gasteiger partial charge in [-0.3, -0.25) is 0 Å². The Balaban J connectivity index is 1.41. The van der Waals surface area contributed by atoms with Crippen LogP contribution < -0.4 is 14.0 Å². The molecule has 69 heavy (non-hydrogen) atoms. The monoisotopic (exact) mass is 1000 g/mol. The zero-order valence-corrected chi connectivity index (χ0v) is 31.8. The molecule has 0 saturated carbocycles. The summed E-state index contributed by atoms with van der Waals surface area (Å²) in [7, 11) is -4.14. The molecule has 0 fully saturated rings. The van der Waals surface area contributed by atoms with Crippen molar-refractivity contribution in [3.63, 3.8) is 0 Å². The first-order chi connectivity index (χ1) is 32.4. The van der Waals surface area contributed by atoms with Crippen molar-refractivity contribution >= 4 is 72.0 Å². The number of hydrogen-bond donors (Lipinski definition) is 0. The van der Waals surface area contributed by atoms with Gasteiger partial charge in [0.15, 0.2) is 98.7 Å². The highest BCUT2D eigenvalue weighted by Crippen LogP contribution is 2.47. The zero-order chi connectivity index (χ0) is 50.5. The summed E-state index contributed by atoms with van der Waals surface area (Å²) in [5.41, 5.74) is 0. The third-order valence-corrected chi connectivity index (χ3v) is 10.6. The Labute approximate surface area is 362 Å². The molecular formula is C42H4BF23O3. The average Bonchev–Trinajstić information content (AvgIpc) is 3.31. The van der Waals surface area contributed by atoms with Crippen LogP contribution in [-0.4, -0.2) is 7.32 Å². The molecule has 9 aromatic rings. The fourth-order valence-electron chi connectivity index (χ4n) is 7.58. The van der Waals surface area contributed by atoms with Crippen molar-refractivity contribution in [2.45, 2.75) is 0 Å². The second kappa shape index (κ2) is 15.7. The number of fused-ring (bicyclic) bond motifs is 6. The van der Waals surface area contributed by atoms with Gasteiger partial charge in [-0.2, -0.15) is 13.2 Å². The van der Waals surface area contributed by atoms with E-state index in [2.05, 4.69) is 0 Å². The maximum Gasteiger partial charge on any atom is 0.864 e. The number of halogens is 23. The Bertz CT molecular complexity index is 3710. The fourth-order valence-corrected chi connectivity index (χ4v) is 7.58. The molecular weight excluding hydrogens is 1000 g/mol. The molecule has 0 aliphatic carbocycles. The van der Waals surface area contributed by atoms with E-state index in [9.17, 15) is 30.7 Å². The summed E-state index contributed by atoms with van der Waals surface area (Å²) >= 11 is 0. The molecule has 27 heteroatoms. The van der Waals surface area contributed by atoms with Crippen LogP contribution in [-0.2, 0) is 0 Å². The summed E-state index contributed by atoms with van der Waals surface area (Å²) in [6.45, 7) is 0. The van der Waals surface area contributed by atoms with Gasteiger partial charge in [0.25, 0.3) is 0 Å². The largest absolute Gasteiger partial charge is 0.864 e. The highest BCUT2D eigenvalue weighted by atomic mass is 19.2. The molecule has 0 amide bonds. The van der Waals surface area contributed by atoms with E-state index in [4.69, 9.17) is 14.0 Å². The predicted octanol–water partition coefficient (Wildman–Crippen LogP) is 14.3. The average molecular weight is 1000 g/mol. The lowest BCUT2D eigenvalue weighted by Gasteiger charge is -2.22. The number of hydrogen-bond acceptors (Lipinski definition) is 3. The Morgan fingerprint density at radius 3 is 0.899 bits per heavy atom. The minimum atomic E-state index is -4.14. The molecule has 354 valence electrons. The van der Waals surface area contributed by atoms with Gasteiger partial charge >= 0.3 is 7.32 Å². The van der Waals surface area contributed by atoms with Crippen LogP contribution in [0.2, 0.25) is 0 Å². The Kier molecular flexibility index (Phi) is 10.6. The van der Waals surface area contributed by atoms with Crippen molar-refractivity contribution in [2.24, 2.45) is 0 Å². The van der Waals surface area contributed by atoms with Crippen molar-refractivity contribution in [2.75, 3.05) is 0 Å². The van der Waals surface area contributed by atoms with Crippen LogP contribution in [0.3, 0.4) is 0 Å². The molecule has 0 radical (unpaired) electrons. The normalized spacial score (nSPS) is 12.0. The van der Waals surface area contributed by atoms with Gasteiger partial charge in [-0.15, -0.1) is 0 Å². The second-order valence-corrected chi connectivity index (χ2v) is 14.2. The van der Waals surface area contributed by atoms with Crippen molar-refractivity contribution in [3.8, 4) is 17.2 Å². The molecule has 0 unspecified atom stereocenters. The molecule has 9 aromatic carbocycles. The van der Waals surface area contributed by atoms with Crippen LogP contribution in [0, 0.1) is 134 Å². The maximum absolute atomic E-state index is 16.3. The van der Waals surface area contributed by atoms with Gasteiger partial charge in [-0.25, -0.2) is 87.8 Å². The van der Waals surface area contributed by atoms with Crippen molar-refractivity contribution < 1.29 is 115 Å². The Morgan fingerprint density at radius 1 is 0.246 bits per heavy atom. The number of rotatable bonds is 6. The van der Waals surface area contributed by atoms with Gasteiger partial charge < -0.3 is 14.0 Å². The lowest BCUT2D eigenvalue weighted by molar-refractivity contribution is 0.282. The molecule has 0 N–H and O–H groups in total. The molecule has 0 spiro atoms. The predicted molar refractivity (Wildman–Crippen MR) is 191 cm³/mol. The molecule has 0 aromatic heterocycles. The molecule has 9 rings (SSSR count). The lowest BCUT2D eigenvalue weighted by atomic mass is 9.97. The molecule has 3 nitrogen and oxygen atoms in total. The quantitative estimate of drug-likeness (QED) is 0.0546. The summed E-state index contributed by atoms with van der Waals surface area (Å²) in [6, 6.07) is 2.49. The molecule has 0 aliphatic heterocycles. The first-order valence-electron chi connectivity index (χ1n) is 18.0. The van der Waals surface area contributed by atoms with Gasteiger partial charge in [0.2, 0.25) is 17.5 Å². The van der Waals surface area contributed by atoms with Gasteiger partial charge in [0.05, 0.1) is 53.9 Å². The van der Waals surface area contributed by atoms with Gasteiger partial charge in [0, 0.05) is 5.39 Å². The zero-order valence-electron chi connectivity index (χ0n) is 31.8. The van der Waals surface area contributed by atoms with E-state index in [1.54, 1.807) is 0 Å². The fraction of sp³-hybridized carbons (Fsp3) is 0. The van der Waals surface area contributed by atoms with Crippen LogP contribution in [0.4, 0.5) is 101 Å². The van der Waals surface area contributed by atoms with Crippen LogP contribution in [0.25, 0.3) is 64.6 Å². The van der Waals surface area contributed by atoms with Crippen molar-refractivity contribution in [3.05, 3.63) is 158 Å². The highest BCUT2D eigenvalue weighted by Gasteiger charge is 2.43. The van der Waals surface area contributed by atoms with Crippen LogP contribution in [0.5, 0.6) is 17.2 Å².